The molecule has 1 amide bonds. The van der Waals surface area contributed by atoms with Crippen LogP contribution in [-0.4, -0.2) is 25.8 Å². The van der Waals surface area contributed by atoms with E-state index in [1.165, 1.54) is 12.1 Å². The Labute approximate surface area is 141 Å². The van der Waals surface area contributed by atoms with Crippen LogP contribution in [-0.2, 0) is 4.79 Å². The number of nitrogens with two attached hydrogens (primary N) is 1. The second kappa shape index (κ2) is 5.79. The predicted octanol–water partition coefficient (Wildman–Crippen LogP) is 2.81. The lowest BCUT2D eigenvalue weighted by Crippen LogP contribution is -2.05. The number of carbonyl (C=O) groups is 1. The first-order chi connectivity index (χ1) is 12.1. The maximum atomic E-state index is 13.7. The lowest BCUT2D eigenvalue weighted by Gasteiger charge is -2.04. The summed E-state index contributed by atoms with van der Waals surface area (Å²) in [6, 6.07) is 6.61. The number of benzene rings is 1. The third-order valence-electron chi connectivity index (χ3n) is 3.79. The van der Waals surface area contributed by atoms with Gasteiger partial charge in [0.05, 0.1) is 11.9 Å². The lowest BCUT2D eigenvalue weighted by atomic mass is 10.1. The minimum absolute atomic E-state index is 0.312. The van der Waals surface area contributed by atoms with Crippen molar-refractivity contribution >= 4 is 34.1 Å². The molecule has 4 rings (SSSR count). The molecule has 6 nitrogen and oxygen atoms in total. The normalized spacial score (nSPS) is 11.6. The third kappa shape index (κ3) is 2.72. The fourth-order valence-corrected chi connectivity index (χ4v) is 2.61. The van der Waals surface area contributed by atoms with Crippen molar-refractivity contribution in [2.75, 3.05) is 0 Å². The van der Waals surface area contributed by atoms with Crippen LogP contribution in [0.4, 0.5) is 4.39 Å². The molecular weight excluding hydrogens is 321 g/mol. The molecule has 0 saturated carbocycles. The van der Waals surface area contributed by atoms with Gasteiger partial charge in [0.2, 0.25) is 5.91 Å². The molecule has 0 aliphatic carbocycles. The van der Waals surface area contributed by atoms with Crippen molar-refractivity contribution in [3.8, 4) is 11.3 Å². The van der Waals surface area contributed by atoms with Gasteiger partial charge in [0.15, 0.2) is 5.65 Å². The maximum absolute atomic E-state index is 13.7. The highest BCUT2D eigenvalue weighted by molar-refractivity contribution is 5.94. The lowest BCUT2D eigenvalue weighted by molar-refractivity contribution is -0.113. The molecule has 0 radical (unpaired) electrons. The first-order valence-electron chi connectivity index (χ1n) is 7.48. The van der Waals surface area contributed by atoms with Crippen molar-refractivity contribution in [2.24, 2.45) is 5.73 Å². The minimum Gasteiger partial charge on any atom is -0.366 e. The molecular formula is C18H12FN5O. The van der Waals surface area contributed by atoms with Gasteiger partial charge >= 0.3 is 0 Å². The zero-order valence-electron chi connectivity index (χ0n) is 12.9. The minimum atomic E-state index is -0.542. The molecule has 0 aliphatic heterocycles. The Morgan fingerprint density at radius 3 is 2.92 bits per heavy atom. The molecule has 0 fully saturated rings. The monoisotopic (exact) mass is 333 g/mol. The highest BCUT2D eigenvalue weighted by Gasteiger charge is 2.09. The summed E-state index contributed by atoms with van der Waals surface area (Å²) in [6.07, 6.45) is 7.71. The van der Waals surface area contributed by atoms with Crippen molar-refractivity contribution in [2.45, 2.75) is 0 Å². The van der Waals surface area contributed by atoms with Crippen molar-refractivity contribution in [1.82, 2.24) is 19.9 Å². The van der Waals surface area contributed by atoms with Gasteiger partial charge in [-0.3, -0.25) is 9.78 Å². The number of fused-ring (bicyclic) bond motifs is 2. The number of rotatable bonds is 3. The van der Waals surface area contributed by atoms with Crippen molar-refractivity contribution in [1.29, 1.82) is 0 Å². The van der Waals surface area contributed by atoms with Gasteiger partial charge in [-0.05, 0) is 18.2 Å². The first kappa shape index (κ1) is 14.9. The Balaban J connectivity index is 1.84. The van der Waals surface area contributed by atoms with Gasteiger partial charge in [0.1, 0.15) is 16.9 Å². The van der Waals surface area contributed by atoms with Gasteiger partial charge in [0.25, 0.3) is 0 Å². The van der Waals surface area contributed by atoms with E-state index in [0.717, 1.165) is 5.56 Å². The summed E-state index contributed by atoms with van der Waals surface area (Å²) < 4.78 is 13.7. The zero-order valence-corrected chi connectivity index (χ0v) is 12.9. The van der Waals surface area contributed by atoms with Gasteiger partial charge in [-0.25, -0.2) is 14.4 Å². The van der Waals surface area contributed by atoms with Crippen LogP contribution in [0.1, 0.15) is 5.56 Å². The average molecular weight is 333 g/mol. The highest BCUT2D eigenvalue weighted by Crippen LogP contribution is 2.24. The Morgan fingerprint density at radius 2 is 2.08 bits per heavy atom. The number of hydrogen-bond donors (Lipinski definition) is 2. The number of hydrogen-bond acceptors (Lipinski definition) is 4. The van der Waals surface area contributed by atoms with Gasteiger partial charge in [-0.1, -0.05) is 12.1 Å². The van der Waals surface area contributed by atoms with E-state index in [-0.39, 0.29) is 5.82 Å². The molecule has 4 aromatic rings. The molecule has 7 heteroatoms. The van der Waals surface area contributed by atoms with E-state index >= 15 is 0 Å². The third-order valence-corrected chi connectivity index (χ3v) is 3.79. The quantitative estimate of drug-likeness (QED) is 0.563. The molecule has 0 atom stereocenters. The number of nitrogens with one attached hydrogen (secondary N) is 1. The van der Waals surface area contributed by atoms with Gasteiger partial charge in [-0.2, -0.15) is 0 Å². The summed E-state index contributed by atoms with van der Waals surface area (Å²) in [5, 5.41) is 0.683. The van der Waals surface area contributed by atoms with E-state index in [1.54, 1.807) is 36.8 Å². The van der Waals surface area contributed by atoms with E-state index < -0.39 is 5.91 Å². The molecule has 0 saturated heterocycles. The van der Waals surface area contributed by atoms with E-state index in [9.17, 15) is 9.18 Å². The van der Waals surface area contributed by atoms with Crippen LogP contribution >= 0.6 is 0 Å². The van der Waals surface area contributed by atoms with Gasteiger partial charge in [-0.15, -0.1) is 0 Å². The molecule has 0 aliphatic rings. The summed E-state index contributed by atoms with van der Waals surface area (Å²) in [5.74, 6) is -0.908. The molecule has 0 unspecified atom stereocenters. The van der Waals surface area contributed by atoms with Crippen LogP contribution in [0.15, 0.2) is 48.9 Å². The summed E-state index contributed by atoms with van der Waals surface area (Å²) in [5.41, 5.74) is 8.65. The first-order valence-corrected chi connectivity index (χ1v) is 7.48. The Hall–Kier alpha value is -3.61. The summed E-state index contributed by atoms with van der Waals surface area (Å²) in [7, 11) is 0. The number of halogens is 1. The van der Waals surface area contributed by atoms with Crippen LogP contribution in [0.5, 0.6) is 0 Å². The number of aromatic amines is 1. The molecule has 3 N–H and O–H groups in total. The SMILES string of the molecule is NC(=O)C=Cc1c[nH]c2ncc(-c3cnc4c(F)cccc4c3)nc12. The molecule has 0 bridgehead atoms. The van der Waals surface area contributed by atoms with Crippen LogP contribution in [0.25, 0.3) is 39.4 Å². The molecule has 1 aromatic carbocycles. The number of nitrogens with zero attached hydrogens (tertiary/aromatic N) is 3. The van der Waals surface area contributed by atoms with E-state index in [2.05, 4.69) is 19.9 Å². The molecule has 0 spiro atoms. The topological polar surface area (TPSA) is 97.6 Å². The second-order valence-corrected chi connectivity index (χ2v) is 5.47. The van der Waals surface area contributed by atoms with E-state index in [4.69, 9.17) is 5.73 Å². The number of para-hydroxylation sites is 1. The fourth-order valence-electron chi connectivity index (χ4n) is 2.61. The Morgan fingerprint density at radius 1 is 1.20 bits per heavy atom. The van der Waals surface area contributed by atoms with Gasteiger partial charge < -0.3 is 10.7 Å². The molecule has 3 aromatic heterocycles. The van der Waals surface area contributed by atoms with Crippen molar-refractivity contribution in [3.05, 3.63) is 60.3 Å². The summed E-state index contributed by atoms with van der Waals surface area (Å²) in [4.78, 5) is 27.0. The van der Waals surface area contributed by atoms with Crippen molar-refractivity contribution in [3.63, 3.8) is 0 Å². The largest absolute Gasteiger partial charge is 0.366 e. The number of amides is 1. The fraction of sp³-hybridized carbons (Fsp3) is 0. The van der Waals surface area contributed by atoms with E-state index in [0.29, 0.717) is 33.3 Å². The highest BCUT2D eigenvalue weighted by atomic mass is 19.1. The summed E-state index contributed by atoms with van der Waals surface area (Å²) >= 11 is 0. The maximum Gasteiger partial charge on any atom is 0.241 e. The second-order valence-electron chi connectivity index (χ2n) is 5.47. The number of H-pyrrole nitrogens is 1. The molecule has 25 heavy (non-hydrogen) atoms. The molecule has 122 valence electrons. The average Bonchev–Trinajstić information content (AvgIpc) is 3.02. The van der Waals surface area contributed by atoms with Crippen LogP contribution in [0.3, 0.4) is 0 Å². The molecule has 3 heterocycles. The Kier molecular flexibility index (Phi) is 3.46. The number of carbonyl (C=O) groups excluding carboxylic acids is 1. The number of pyridine rings is 1. The van der Waals surface area contributed by atoms with Gasteiger partial charge in [0, 0.05) is 35.0 Å². The van der Waals surface area contributed by atoms with Crippen molar-refractivity contribution < 1.29 is 9.18 Å². The van der Waals surface area contributed by atoms with Crippen LogP contribution < -0.4 is 5.73 Å². The Bertz CT molecular complexity index is 1150. The zero-order chi connectivity index (χ0) is 17.4. The standard InChI is InChI=1S/C18H12FN5O/c19-13-3-1-2-10-6-12(8-21-16(10)13)14-9-23-18-17(24-14)11(7-22-18)4-5-15(20)25/h1-9H,(H2,20,25)(H,22,23). The smallest absolute Gasteiger partial charge is 0.241 e. The van der Waals surface area contributed by atoms with Crippen LogP contribution in [0.2, 0.25) is 0 Å². The summed E-state index contributed by atoms with van der Waals surface area (Å²) in [6.45, 7) is 0. The number of primary amides is 1. The predicted molar refractivity (Wildman–Crippen MR) is 92.8 cm³/mol. The van der Waals surface area contributed by atoms with E-state index in [1.807, 2.05) is 6.07 Å². The number of aromatic nitrogens is 4. The van der Waals surface area contributed by atoms with Crippen LogP contribution in [0, 0.1) is 5.82 Å².